The van der Waals surface area contributed by atoms with Crippen LogP contribution in [0.5, 0.6) is 11.5 Å². The third-order valence-electron chi connectivity index (χ3n) is 3.65. The lowest BCUT2D eigenvalue weighted by Gasteiger charge is -2.13. The highest BCUT2D eigenvalue weighted by Crippen LogP contribution is 2.30. The van der Waals surface area contributed by atoms with Crippen molar-refractivity contribution in [1.82, 2.24) is 5.32 Å². The molecule has 0 atom stereocenters. The minimum Gasteiger partial charge on any atom is -0.493 e. The largest absolute Gasteiger partial charge is 0.493 e. The molecule has 0 aliphatic heterocycles. The standard InChI is InChI=1S/C18H22N2O3.ClH/c1-12-10-16(22-2)17(23-3)11-15(12)18(21)20-9-8-13-4-6-14(19)7-5-13;/h4-7,10-11H,8-9,19H2,1-3H3,(H,20,21);1H. The molecule has 2 aromatic rings. The average molecular weight is 351 g/mol. The summed E-state index contributed by atoms with van der Waals surface area (Å²) in [7, 11) is 3.12. The van der Waals surface area contributed by atoms with Gasteiger partial charge in [-0.25, -0.2) is 0 Å². The number of benzene rings is 2. The molecule has 0 saturated heterocycles. The van der Waals surface area contributed by atoms with Crippen molar-refractivity contribution in [2.45, 2.75) is 13.3 Å². The molecule has 130 valence electrons. The highest BCUT2D eigenvalue weighted by atomic mass is 35.5. The molecule has 0 unspecified atom stereocenters. The molecule has 0 bridgehead atoms. The summed E-state index contributed by atoms with van der Waals surface area (Å²) in [4.78, 5) is 12.4. The Morgan fingerprint density at radius 2 is 1.67 bits per heavy atom. The summed E-state index contributed by atoms with van der Waals surface area (Å²) in [5.74, 6) is 1.03. The summed E-state index contributed by atoms with van der Waals surface area (Å²) in [6, 6.07) is 11.1. The number of carbonyl (C=O) groups excluding carboxylic acids is 1. The van der Waals surface area contributed by atoms with Gasteiger partial charge in [0, 0.05) is 17.8 Å². The van der Waals surface area contributed by atoms with E-state index in [0.717, 1.165) is 23.2 Å². The van der Waals surface area contributed by atoms with Gasteiger partial charge in [0.15, 0.2) is 11.5 Å². The van der Waals surface area contributed by atoms with Crippen molar-refractivity contribution >= 4 is 24.0 Å². The summed E-state index contributed by atoms with van der Waals surface area (Å²) in [5.41, 5.74) is 8.94. The Bertz CT molecular complexity index is 687. The van der Waals surface area contributed by atoms with Gasteiger partial charge in [-0.15, -0.1) is 12.4 Å². The smallest absolute Gasteiger partial charge is 0.251 e. The van der Waals surface area contributed by atoms with Crippen LogP contribution in [0, 0.1) is 6.92 Å². The second-order valence-electron chi connectivity index (χ2n) is 5.27. The van der Waals surface area contributed by atoms with E-state index in [2.05, 4.69) is 5.32 Å². The van der Waals surface area contributed by atoms with Crippen molar-refractivity contribution in [2.75, 3.05) is 26.5 Å². The maximum atomic E-state index is 12.4. The van der Waals surface area contributed by atoms with Gasteiger partial charge >= 0.3 is 0 Å². The van der Waals surface area contributed by atoms with Gasteiger partial charge in [0.05, 0.1) is 14.2 Å². The normalized spacial score (nSPS) is 9.79. The number of methoxy groups -OCH3 is 2. The van der Waals surface area contributed by atoms with Gasteiger partial charge < -0.3 is 20.5 Å². The molecule has 6 heteroatoms. The van der Waals surface area contributed by atoms with Crippen LogP contribution in [0.15, 0.2) is 36.4 Å². The van der Waals surface area contributed by atoms with E-state index in [0.29, 0.717) is 23.6 Å². The number of hydrogen-bond donors (Lipinski definition) is 2. The molecule has 5 nitrogen and oxygen atoms in total. The zero-order chi connectivity index (χ0) is 16.8. The number of carbonyl (C=O) groups is 1. The first-order chi connectivity index (χ1) is 11.0. The SMILES string of the molecule is COc1cc(C)c(C(=O)NCCc2ccc(N)cc2)cc1OC.Cl. The molecule has 0 heterocycles. The topological polar surface area (TPSA) is 73.6 Å². The van der Waals surface area contributed by atoms with E-state index in [9.17, 15) is 4.79 Å². The molecule has 0 aliphatic carbocycles. The molecule has 0 aromatic heterocycles. The fourth-order valence-electron chi connectivity index (χ4n) is 2.33. The van der Waals surface area contributed by atoms with Gasteiger partial charge in [-0.2, -0.15) is 0 Å². The van der Waals surface area contributed by atoms with Gasteiger partial charge in [0.1, 0.15) is 0 Å². The van der Waals surface area contributed by atoms with Crippen molar-refractivity contribution in [1.29, 1.82) is 0 Å². The molecular formula is C18H23ClN2O3. The van der Waals surface area contributed by atoms with E-state index >= 15 is 0 Å². The van der Waals surface area contributed by atoms with E-state index in [-0.39, 0.29) is 18.3 Å². The zero-order valence-electron chi connectivity index (χ0n) is 14.1. The predicted molar refractivity (Wildman–Crippen MR) is 98.4 cm³/mol. The van der Waals surface area contributed by atoms with Crippen molar-refractivity contribution in [3.05, 3.63) is 53.1 Å². The number of nitrogen functional groups attached to an aromatic ring is 1. The Hall–Kier alpha value is -2.40. The maximum Gasteiger partial charge on any atom is 0.251 e. The molecule has 2 aromatic carbocycles. The number of halogens is 1. The first-order valence-corrected chi connectivity index (χ1v) is 7.40. The second kappa shape index (κ2) is 9.03. The Labute approximate surface area is 148 Å². The summed E-state index contributed by atoms with van der Waals surface area (Å²) in [6.07, 6.45) is 0.748. The van der Waals surface area contributed by atoms with Gasteiger partial charge in [0.25, 0.3) is 5.91 Å². The monoisotopic (exact) mass is 350 g/mol. The van der Waals surface area contributed by atoms with Crippen LogP contribution in [0.1, 0.15) is 21.5 Å². The molecule has 0 radical (unpaired) electrons. The molecule has 0 fully saturated rings. The summed E-state index contributed by atoms with van der Waals surface area (Å²) in [6.45, 7) is 2.42. The third-order valence-corrected chi connectivity index (χ3v) is 3.65. The second-order valence-corrected chi connectivity index (χ2v) is 5.27. The van der Waals surface area contributed by atoms with E-state index < -0.39 is 0 Å². The minimum absolute atomic E-state index is 0. The van der Waals surface area contributed by atoms with E-state index in [4.69, 9.17) is 15.2 Å². The molecule has 1 amide bonds. The lowest BCUT2D eigenvalue weighted by molar-refractivity contribution is 0.0953. The van der Waals surface area contributed by atoms with Gasteiger partial charge in [-0.1, -0.05) is 12.1 Å². The molecule has 0 aliphatic rings. The van der Waals surface area contributed by atoms with Gasteiger partial charge in [-0.05, 0) is 48.7 Å². The lowest BCUT2D eigenvalue weighted by atomic mass is 10.1. The Morgan fingerprint density at radius 1 is 1.08 bits per heavy atom. The number of hydrogen-bond acceptors (Lipinski definition) is 4. The van der Waals surface area contributed by atoms with Crippen LogP contribution in [0.4, 0.5) is 5.69 Å². The molecule has 2 rings (SSSR count). The minimum atomic E-state index is -0.126. The van der Waals surface area contributed by atoms with Crippen molar-refractivity contribution in [3.63, 3.8) is 0 Å². The van der Waals surface area contributed by atoms with Crippen LogP contribution in [0.3, 0.4) is 0 Å². The van der Waals surface area contributed by atoms with Gasteiger partial charge in [-0.3, -0.25) is 4.79 Å². The lowest BCUT2D eigenvalue weighted by Crippen LogP contribution is -2.26. The highest BCUT2D eigenvalue weighted by Gasteiger charge is 2.14. The number of amides is 1. The van der Waals surface area contributed by atoms with Gasteiger partial charge in [0.2, 0.25) is 0 Å². The van der Waals surface area contributed by atoms with Crippen molar-refractivity contribution in [3.8, 4) is 11.5 Å². The number of anilines is 1. The summed E-state index contributed by atoms with van der Waals surface area (Å²) in [5, 5.41) is 2.93. The summed E-state index contributed by atoms with van der Waals surface area (Å²) >= 11 is 0. The van der Waals surface area contributed by atoms with Crippen molar-refractivity contribution < 1.29 is 14.3 Å². The molecule has 3 N–H and O–H groups in total. The zero-order valence-corrected chi connectivity index (χ0v) is 14.9. The van der Waals surface area contributed by atoms with Crippen LogP contribution in [0.25, 0.3) is 0 Å². The highest BCUT2D eigenvalue weighted by molar-refractivity contribution is 5.96. The predicted octanol–water partition coefficient (Wildman–Crippen LogP) is 2.99. The molecule has 24 heavy (non-hydrogen) atoms. The van der Waals surface area contributed by atoms with Crippen LogP contribution in [-0.4, -0.2) is 26.7 Å². The third kappa shape index (κ3) is 4.80. The Balaban J connectivity index is 0.00000288. The number of aryl methyl sites for hydroxylation is 1. The van der Waals surface area contributed by atoms with E-state index in [1.54, 1.807) is 26.4 Å². The number of nitrogens with one attached hydrogen (secondary N) is 1. The average Bonchev–Trinajstić information content (AvgIpc) is 2.56. The van der Waals surface area contributed by atoms with E-state index in [1.165, 1.54) is 0 Å². The number of nitrogens with two attached hydrogens (primary N) is 1. The first kappa shape index (κ1) is 19.6. The number of rotatable bonds is 6. The first-order valence-electron chi connectivity index (χ1n) is 7.40. The number of ether oxygens (including phenoxy) is 2. The Morgan fingerprint density at radius 3 is 2.25 bits per heavy atom. The fourth-order valence-corrected chi connectivity index (χ4v) is 2.33. The quantitative estimate of drug-likeness (QED) is 0.785. The van der Waals surface area contributed by atoms with Crippen LogP contribution >= 0.6 is 12.4 Å². The molecular weight excluding hydrogens is 328 g/mol. The fraction of sp³-hybridized carbons (Fsp3) is 0.278. The van der Waals surface area contributed by atoms with Crippen molar-refractivity contribution in [2.24, 2.45) is 0 Å². The molecule has 0 saturated carbocycles. The molecule has 0 spiro atoms. The summed E-state index contributed by atoms with van der Waals surface area (Å²) < 4.78 is 10.5. The maximum absolute atomic E-state index is 12.4. The van der Waals surface area contributed by atoms with Crippen LogP contribution < -0.4 is 20.5 Å². The van der Waals surface area contributed by atoms with Crippen LogP contribution in [-0.2, 0) is 6.42 Å². The van der Waals surface area contributed by atoms with Crippen LogP contribution in [0.2, 0.25) is 0 Å². The van der Waals surface area contributed by atoms with E-state index in [1.807, 2.05) is 31.2 Å². The Kier molecular flexibility index (Phi) is 7.39.